The summed E-state index contributed by atoms with van der Waals surface area (Å²) in [7, 11) is 0. The fourth-order valence-electron chi connectivity index (χ4n) is 3.93. The summed E-state index contributed by atoms with van der Waals surface area (Å²) in [5, 5.41) is 12.2. The average Bonchev–Trinajstić information content (AvgIpc) is 2.84. The topological polar surface area (TPSA) is 72.9 Å². The number of carbonyl (C=O) groups excluding carboxylic acids is 1. The lowest BCUT2D eigenvalue weighted by molar-refractivity contribution is -0.130. The van der Waals surface area contributed by atoms with E-state index in [-0.39, 0.29) is 5.57 Å². The second-order valence-electron chi connectivity index (χ2n) is 8.07. The molecule has 1 aliphatic rings. The predicted octanol–water partition coefficient (Wildman–Crippen LogP) is 4.43. The third-order valence-electron chi connectivity index (χ3n) is 5.77. The number of carboxylic acids is 1. The number of hydrogen-bond acceptors (Lipinski definition) is 4. The van der Waals surface area contributed by atoms with E-state index in [0.29, 0.717) is 11.3 Å². The fourth-order valence-corrected chi connectivity index (χ4v) is 3.93. The highest BCUT2D eigenvalue weighted by atomic mass is 16.4. The lowest BCUT2D eigenvalue weighted by atomic mass is 10.1. The molecule has 0 unspecified atom stereocenters. The Morgan fingerprint density at radius 2 is 1.30 bits per heavy atom. The molecular weight excluding hydrogens is 414 g/mol. The Bertz CT molecular complexity index is 1130. The number of nitrogens with one attached hydrogen (secondary N) is 1. The van der Waals surface area contributed by atoms with Gasteiger partial charge >= 0.3 is 5.97 Å². The zero-order valence-corrected chi connectivity index (χ0v) is 18.6. The van der Waals surface area contributed by atoms with E-state index in [9.17, 15) is 14.7 Å². The molecule has 2 N–H and O–H groups in total. The number of aryl methyl sites for hydroxylation is 1. The van der Waals surface area contributed by atoms with Crippen molar-refractivity contribution < 1.29 is 14.7 Å². The molecule has 0 bridgehead atoms. The number of piperazine rings is 1. The molecule has 3 aromatic rings. The van der Waals surface area contributed by atoms with Crippen LogP contribution in [0, 0.1) is 6.92 Å². The first kappa shape index (κ1) is 22.1. The molecule has 4 rings (SSSR count). The lowest BCUT2D eigenvalue weighted by Crippen LogP contribution is -2.46. The summed E-state index contributed by atoms with van der Waals surface area (Å²) in [6.45, 7) is 5.83. The number of benzene rings is 3. The first-order valence-electron chi connectivity index (χ1n) is 11.0. The van der Waals surface area contributed by atoms with Gasteiger partial charge in [0, 0.05) is 49.3 Å². The van der Waals surface area contributed by atoms with Crippen LogP contribution in [0.25, 0.3) is 5.57 Å². The highest BCUT2D eigenvalue weighted by Crippen LogP contribution is 2.23. The van der Waals surface area contributed by atoms with E-state index in [4.69, 9.17) is 0 Å². The third kappa shape index (κ3) is 5.60. The van der Waals surface area contributed by atoms with E-state index in [1.165, 1.54) is 11.3 Å². The number of rotatable bonds is 6. The van der Waals surface area contributed by atoms with Crippen LogP contribution in [0.15, 0.2) is 84.9 Å². The van der Waals surface area contributed by atoms with Crippen LogP contribution < -0.4 is 15.1 Å². The molecule has 0 radical (unpaired) electrons. The Labute approximate surface area is 193 Å². The van der Waals surface area contributed by atoms with Gasteiger partial charge in [0.15, 0.2) is 0 Å². The second kappa shape index (κ2) is 10.0. The number of aliphatic carboxylic acids is 1. The van der Waals surface area contributed by atoms with Gasteiger partial charge < -0.3 is 20.2 Å². The zero-order chi connectivity index (χ0) is 23.2. The fraction of sp³-hybridized carbons (Fsp3) is 0.185. The number of nitrogens with zero attached hydrogens (tertiary/aromatic N) is 2. The summed E-state index contributed by atoms with van der Waals surface area (Å²) in [5.74, 6) is -1.62. The molecule has 6 nitrogen and oxygen atoms in total. The van der Waals surface area contributed by atoms with Crippen molar-refractivity contribution >= 4 is 34.5 Å². The smallest absolute Gasteiger partial charge is 0.336 e. The van der Waals surface area contributed by atoms with E-state index in [1.807, 2.05) is 24.3 Å². The molecule has 33 heavy (non-hydrogen) atoms. The van der Waals surface area contributed by atoms with Crippen LogP contribution in [0.1, 0.15) is 11.1 Å². The molecule has 6 heteroatoms. The number of carbonyl (C=O) groups is 2. The van der Waals surface area contributed by atoms with E-state index >= 15 is 0 Å². The van der Waals surface area contributed by atoms with Crippen LogP contribution in [-0.2, 0) is 9.59 Å². The van der Waals surface area contributed by atoms with Gasteiger partial charge in [-0.05, 0) is 48.9 Å². The predicted molar refractivity (Wildman–Crippen MR) is 133 cm³/mol. The number of carboxylic acid groups (broad SMARTS) is 1. The van der Waals surface area contributed by atoms with Gasteiger partial charge in [-0.3, -0.25) is 4.79 Å². The molecule has 0 aliphatic carbocycles. The van der Waals surface area contributed by atoms with Crippen LogP contribution in [-0.4, -0.2) is 43.2 Å². The standard InChI is InChI=1S/C27H27N3O3/c1-20-7-11-23(12-8-20)29-15-17-30(18-16-29)24-13-9-22(10-14-24)28-26(31)19-25(27(32)33)21-5-3-2-4-6-21/h2-14,19H,15-18H2,1H3,(H,28,31)(H,32,33)/b25-19+. The summed E-state index contributed by atoms with van der Waals surface area (Å²) in [4.78, 5) is 28.7. The van der Waals surface area contributed by atoms with Crippen molar-refractivity contribution in [3.05, 3.63) is 96.1 Å². The van der Waals surface area contributed by atoms with Crippen LogP contribution >= 0.6 is 0 Å². The van der Waals surface area contributed by atoms with Crippen molar-refractivity contribution in [2.45, 2.75) is 6.92 Å². The molecule has 1 heterocycles. The Kier molecular flexibility index (Phi) is 6.74. The number of anilines is 3. The van der Waals surface area contributed by atoms with Crippen molar-refractivity contribution in [2.24, 2.45) is 0 Å². The van der Waals surface area contributed by atoms with E-state index in [1.54, 1.807) is 30.3 Å². The maximum atomic E-state index is 12.4. The van der Waals surface area contributed by atoms with Gasteiger partial charge in [0.05, 0.1) is 5.57 Å². The van der Waals surface area contributed by atoms with E-state index in [2.05, 4.69) is 46.3 Å². The molecule has 1 saturated heterocycles. The maximum absolute atomic E-state index is 12.4. The SMILES string of the molecule is Cc1ccc(N2CCN(c3ccc(NC(=O)/C=C(/C(=O)O)c4ccccc4)cc3)CC2)cc1. The highest BCUT2D eigenvalue weighted by molar-refractivity contribution is 6.21. The third-order valence-corrected chi connectivity index (χ3v) is 5.77. The van der Waals surface area contributed by atoms with E-state index < -0.39 is 11.9 Å². The largest absolute Gasteiger partial charge is 0.478 e. The maximum Gasteiger partial charge on any atom is 0.336 e. The molecule has 0 spiro atoms. The van der Waals surface area contributed by atoms with Gasteiger partial charge in [-0.25, -0.2) is 4.79 Å². The van der Waals surface area contributed by atoms with E-state index in [0.717, 1.165) is 37.9 Å². The quantitative estimate of drug-likeness (QED) is 0.554. The molecular formula is C27H27N3O3. The van der Waals surface area contributed by atoms with Crippen molar-refractivity contribution in [1.82, 2.24) is 0 Å². The minimum Gasteiger partial charge on any atom is -0.478 e. The summed E-state index contributed by atoms with van der Waals surface area (Å²) in [6, 6.07) is 24.9. The van der Waals surface area contributed by atoms with Crippen LogP contribution in [0.3, 0.4) is 0 Å². The van der Waals surface area contributed by atoms with Crippen molar-refractivity contribution in [3.63, 3.8) is 0 Å². The molecule has 1 fully saturated rings. The molecule has 1 amide bonds. The Morgan fingerprint density at radius 1 is 0.788 bits per heavy atom. The van der Waals surface area contributed by atoms with Gasteiger partial charge in [-0.15, -0.1) is 0 Å². The highest BCUT2D eigenvalue weighted by Gasteiger charge is 2.18. The van der Waals surface area contributed by atoms with Crippen molar-refractivity contribution in [1.29, 1.82) is 0 Å². The molecule has 0 atom stereocenters. The molecule has 3 aromatic carbocycles. The van der Waals surface area contributed by atoms with Gasteiger partial charge in [0.25, 0.3) is 0 Å². The average molecular weight is 442 g/mol. The summed E-state index contributed by atoms with van der Waals surface area (Å²) in [6.07, 6.45) is 1.12. The lowest BCUT2D eigenvalue weighted by Gasteiger charge is -2.37. The Balaban J connectivity index is 1.36. The number of hydrogen-bond donors (Lipinski definition) is 2. The summed E-state index contributed by atoms with van der Waals surface area (Å²) < 4.78 is 0. The first-order chi connectivity index (χ1) is 16.0. The number of amides is 1. The van der Waals surface area contributed by atoms with Gasteiger partial charge in [0.1, 0.15) is 0 Å². The molecule has 1 aliphatic heterocycles. The van der Waals surface area contributed by atoms with Gasteiger partial charge in [-0.2, -0.15) is 0 Å². The minimum absolute atomic E-state index is 0.0452. The summed E-state index contributed by atoms with van der Waals surface area (Å²) in [5.41, 5.74) is 4.68. The van der Waals surface area contributed by atoms with Crippen LogP contribution in [0.5, 0.6) is 0 Å². The van der Waals surface area contributed by atoms with Crippen LogP contribution in [0.2, 0.25) is 0 Å². The molecule has 0 saturated carbocycles. The Morgan fingerprint density at radius 3 is 1.82 bits per heavy atom. The van der Waals surface area contributed by atoms with Crippen LogP contribution in [0.4, 0.5) is 17.1 Å². The monoisotopic (exact) mass is 441 g/mol. The van der Waals surface area contributed by atoms with Crippen molar-refractivity contribution in [3.8, 4) is 0 Å². The molecule has 168 valence electrons. The Hall–Kier alpha value is -4.06. The zero-order valence-electron chi connectivity index (χ0n) is 18.6. The van der Waals surface area contributed by atoms with Crippen molar-refractivity contribution in [2.75, 3.05) is 41.3 Å². The first-order valence-corrected chi connectivity index (χ1v) is 11.0. The summed E-state index contributed by atoms with van der Waals surface area (Å²) >= 11 is 0. The molecule has 0 aromatic heterocycles. The van der Waals surface area contributed by atoms with Gasteiger partial charge in [0.2, 0.25) is 5.91 Å². The minimum atomic E-state index is -1.14. The van der Waals surface area contributed by atoms with Gasteiger partial charge in [-0.1, -0.05) is 48.0 Å². The second-order valence-corrected chi connectivity index (χ2v) is 8.07. The normalized spacial score (nSPS) is 14.2.